The third-order valence-corrected chi connectivity index (χ3v) is 6.10. The molecular formula is C27H24N2O2. The zero-order valence-corrected chi connectivity index (χ0v) is 17.4. The van der Waals surface area contributed by atoms with Crippen molar-refractivity contribution < 1.29 is 9.53 Å². The molecule has 4 nitrogen and oxygen atoms in total. The molecule has 3 aromatic carbocycles. The maximum absolute atomic E-state index is 12.7. The number of fused-ring (bicyclic) bond motifs is 1. The Morgan fingerprint density at radius 1 is 1.03 bits per heavy atom. The number of nitrogens with zero attached hydrogens (tertiary/aromatic N) is 1. The monoisotopic (exact) mass is 408 g/mol. The zero-order valence-electron chi connectivity index (χ0n) is 17.4. The number of aromatic nitrogens is 1. The van der Waals surface area contributed by atoms with Crippen LogP contribution in [-0.4, -0.2) is 18.0 Å². The predicted octanol–water partition coefficient (Wildman–Crippen LogP) is 5.33. The molecule has 4 heteroatoms. The van der Waals surface area contributed by atoms with E-state index in [-0.39, 0.29) is 11.8 Å². The molecule has 1 aliphatic rings. The largest absolute Gasteiger partial charge is 0.497 e. The first-order chi connectivity index (χ1) is 15.2. The van der Waals surface area contributed by atoms with Gasteiger partial charge < -0.3 is 10.1 Å². The fourth-order valence-electron chi connectivity index (χ4n) is 4.31. The number of hydrogen-bond donors (Lipinski definition) is 1. The fourth-order valence-corrected chi connectivity index (χ4v) is 4.31. The van der Waals surface area contributed by atoms with Crippen molar-refractivity contribution in [3.63, 3.8) is 0 Å². The number of pyridine rings is 1. The summed E-state index contributed by atoms with van der Waals surface area (Å²) in [5, 5.41) is 5.31. The van der Waals surface area contributed by atoms with Gasteiger partial charge in [-0.05, 0) is 58.2 Å². The first-order valence-electron chi connectivity index (χ1n) is 10.6. The van der Waals surface area contributed by atoms with Crippen LogP contribution in [0.5, 0.6) is 5.75 Å². The van der Waals surface area contributed by atoms with E-state index in [4.69, 9.17) is 4.74 Å². The quantitative estimate of drug-likeness (QED) is 0.469. The van der Waals surface area contributed by atoms with E-state index in [1.165, 1.54) is 5.56 Å². The predicted molar refractivity (Wildman–Crippen MR) is 123 cm³/mol. The number of carbonyl (C=O) groups is 1. The van der Waals surface area contributed by atoms with Gasteiger partial charge in [-0.3, -0.25) is 9.78 Å². The summed E-state index contributed by atoms with van der Waals surface area (Å²) in [7, 11) is 1.68. The van der Waals surface area contributed by atoms with Crippen LogP contribution < -0.4 is 10.1 Å². The average molecular weight is 409 g/mol. The van der Waals surface area contributed by atoms with Gasteiger partial charge >= 0.3 is 0 Å². The highest BCUT2D eigenvalue weighted by Crippen LogP contribution is 2.47. The lowest BCUT2D eigenvalue weighted by molar-refractivity contribution is -0.122. The standard InChI is InChI=1S/C27H24N2O2/c1-31-21-9-5-8-19(14-21)22-11-10-20(26-17-28-13-12-23(22)26)16-29-27(30)25-15-24(25)18-6-3-2-4-7-18/h2-14,17,24-25H,15-16H2,1H3,(H,29,30)/t24-,25-/m0/s1. The minimum atomic E-state index is 0.0721. The van der Waals surface area contributed by atoms with E-state index in [9.17, 15) is 4.79 Å². The lowest BCUT2D eigenvalue weighted by Crippen LogP contribution is -2.25. The van der Waals surface area contributed by atoms with Gasteiger partial charge in [-0.15, -0.1) is 0 Å². The molecular weight excluding hydrogens is 384 g/mol. The second kappa shape index (κ2) is 8.23. The van der Waals surface area contributed by atoms with Crippen molar-refractivity contribution in [3.05, 3.63) is 96.3 Å². The highest BCUT2D eigenvalue weighted by atomic mass is 16.5. The molecule has 5 rings (SSSR count). The van der Waals surface area contributed by atoms with E-state index in [0.717, 1.165) is 39.6 Å². The second-order valence-electron chi connectivity index (χ2n) is 8.00. The highest BCUT2D eigenvalue weighted by Gasteiger charge is 2.43. The van der Waals surface area contributed by atoms with Crippen molar-refractivity contribution in [1.82, 2.24) is 10.3 Å². The number of rotatable bonds is 6. The van der Waals surface area contributed by atoms with Gasteiger partial charge in [0.2, 0.25) is 5.91 Å². The maximum atomic E-state index is 12.7. The summed E-state index contributed by atoms with van der Waals surface area (Å²) in [4.78, 5) is 17.0. The van der Waals surface area contributed by atoms with Crippen molar-refractivity contribution in [2.75, 3.05) is 7.11 Å². The molecule has 0 aliphatic heterocycles. The number of benzene rings is 3. The zero-order chi connectivity index (χ0) is 21.2. The molecule has 31 heavy (non-hydrogen) atoms. The topological polar surface area (TPSA) is 51.2 Å². The van der Waals surface area contributed by atoms with Gasteiger partial charge in [-0.25, -0.2) is 0 Å². The Kier molecular flexibility index (Phi) is 5.13. The van der Waals surface area contributed by atoms with Gasteiger partial charge in [0.1, 0.15) is 5.75 Å². The van der Waals surface area contributed by atoms with Gasteiger partial charge in [-0.2, -0.15) is 0 Å². The van der Waals surface area contributed by atoms with Crippen LogP contribution in [-0.2, 0) is 11.3 Å². The molecule has 4 aromatic rings. The number of methoxy groups -OCH3 is 1. The smallest absolute Gasteiger partial charge is 0.224 e. The lowest BCUT2D eigenvalue weighted by atomic mass is 9.96. The van der Waals surface area contributed by atoms with Gasteiger partial charge in [0.15, 0.2) is 0 Å². The van der Waals surface area contributed by atoms with E-state index in [0.29, 0.717) is 12.5 Å². The van der Waals surface area contributed by atoms with E-state index in [1.807, 2.05) is 54.9 Å². The molecule has 0 saturated heterocycles. The van der Waals surface area contributed by atoms with Gasteiger partial charge in [0.05, 0.1) is 7.11 Å². The Morgan fingerprint density at radius 3 is 2.74 bits per heavy atom. The van der Waals surface area contributed by atoms with E-state index in [2.05, 4.69) is 40.6 Å². The summed E-state index contributed by atoms with van der Waals surface area (Å²) < 4.78 is 5.39. The van der Waals surface area contributed by atoms with Crippen molar-refractivity contribution in [1.29, 1.82) is 0 Å². The van der Waals surface area contributed by atoms with Crippen LogP contribution in [0.2, 0.25) is 0 Å². The van der Waals surface area contributed by atoms with Crippen LogP contribution in [0, 0.1) is 5.92 Å². The highest BCUT2D eigenvalue weighted by molar-refractivity contribution is 5.98. The molecule has 1 fully saturated rings. The Hall–Kier alpha value is -3.66. The minimum Gasteiger partial charge on any atom is -0.497 e. The van der Waals surface area contributed by atoms with E-state index < -0.39 is 0 Å². The van der Waals surface area contributed by atoms with E-state index in [1.54, 1.807) is 7.11 Å². The van der Waals surface area contributed by atoms with Crippen LogP contribution in [0.3, 0.4) is 0 Å². The fraction of sp³-hybridized carbons (Fsp3) is 0.185. The molecule has 0 radical (unpaired) electrons. The second-order valence-corrected chi connectivity index (χ2v) is 8.00. The Bertz CT molecular complexity index is 1240. The molecule has 1 heterocycles. The molecule has 1 saturated carbocycles. The third-order valence-electron chi connectivity index (χ3n) is 6.10. The number of carbonyl (C=O) groups excluding carboxylic acids is 1. The third kappa shape index (κ3) is 3.89. The molecule has 1 N–H and O–H groups in total. The van der Waals surface area contributed by atoms with Crippen LogP contribution in [0.4, 0.5) is 0 Å². The van der Waals surface area contributed by atoms with Gasteiger partial charge in [0.25, 0.3) is 0 Å². The van der Waals surface area contributed by atoms with Gasteiger partial charge in [0, 0.05) is 30.2 Å². The molecule has 0 bridgehead atoms. The van der Waals surface area contributed by atoms with Gasteiger partial charge in [-0.1, -0.05) is 54.6 Å². The molecule has 2 atom stereocenters. The van der Waals surface area contributed by atoms with Crippen LogP contribution in [0.15, 0.2) is 85.2 Å². The number of nitrogens with one attached hydrogen (secondary N) is 1. The minimum absolute atomic E-state index is 0.0721. The SMILES string of the molecule is COc1cccc(-c2ccc(CNC(=O)[C@H]3C[C@H]3c3ccccc3)c3cnccc23)c1. The molecule has 1 aliphatic carbocycles. The molecule has 0 unspecified atom stereocenters. The van der Waals surface area contributed by atoms with Crippen molar-refractivity contribution in [2.24, 2.45) is 5.92 Å². The summed E-state index contributed by atoms with van der Waals surface area (Å²) in [6.45, 7) is 0.497. The Labute approximate surface area is 181 Å². The normalized spacial score (nSPS) is 17.3. The van der Waals surface area contributed by atoms with E-state index >= 15 is 0 Å². The molecule has 0 spiro atoms. The Morgan fingerprint density at radius 2 is 1.90 bits per heavy atom. The number of ether oxygens (including phenoxy) is 1. The van der Waals surface area contributed by atoms with Crippen LogP contribution >= 0.6 is 0 Å². The lowest BCUT2D eigenvalue weighted by Gasteiger charge is -2.13. The summed E-state index contributed by atoms with van der Waals surface area (Å²) in [6, 6.07) is 24.6. The summed E-state index contributed by atoms with van der Waals surface area (Å²) in [5.41, 5.74) is 4.53. The summed E-state index contributed by atoms with van der Waals surface area (Å²) in [5.74, 6) is 1.37. The number of hydrogen-bond acceptors (Lipinski definition) is 3. The van der Waals surface area contributed by atoms with Crippen molar-refractivity contribution >= 4 is 16.7 Å². The first-order valence-corrected chi connectivity index (χ1v) is 10.6. The van der Waals surface area contributed by atoms with Crippen molar-refractivity contribution in [2.45, 2.75) is 18.9 Å². The molecule has 1 amide bonds. The number of amides is 1. The summed E-state index contributed by atoms with van der Waals surface area (Å²) in [6.07, 6.45) is 4.61. The average Bonchev–Trinajstić information content (AvgIpc) is 3.64. The summed E-state index contributed by atoms with van der Waals surface area (Å²) >= 11 is 0. The van der Waals surface area contributed by atoms with Crippen molar-refractivity contribution in [3.8, 4) is 16.9 Å². The Balaban J connectivity index is 1.36. The first kappa shape index (κ1) is 19.3. The van der Waals surface area contributed by atoms with Crippen LogP contribution in [0.25, 0.3) is 21.9 Å². The maximum Gasteiger partial charge on any atom is 0.224 e. The molecule has 154 valence electrons. The molecule has 1 aromatic heterocycles. The van der Waals surface area contributed by atoms with Crippen LogP contribution in [0.1, 0.15) is 23.5 Å².